The number of benzene rings is 1. The van der Waals surface area contributed by atoms with E-state index in [9.17, 15) is 19.7 Å². The number of nitro groups is 1. The lowest BCUT2D eigenvalue weighted by atomic mass is 9.97. The van der Waals surface area contributed by atoms with Crippen LogP contribution in [0, 0.1) is 10.1 Å². The molecule has 2 aliphatic rings. The van der Waals surface area contributed by atoms with Crippen molar-refractivity contribution in [2.75, 3.05) is 31.1 Å². The number of rotatable bonds is 5. The van der Waals surface area contributed by atoms with Crippen LogP contribution >= 0.6 is 11.3 Å². The Bertz CT molecular complexity index is 1320. The lowest BCUT2D eigenvalue weighted by molar-refractivity contribution is -0.384. The molecule has 1 aliphatic carbocycles. The normalized spacial score (nSPS) is 16.0. The van der Waals surface area contributed by atoms with E-state index in [1.54, 1.807) is 22.3 Å². The zero-order valence-corrected chi connectivity index (χ0v) is 20.0. The van der Waals surface area contributed by atoms with E-state index < -0.39 is 4.92 Å². The molecule has 0 N–H and O–H groups in total. The monoisotopic (exact) mass is 481 g/mol. The molecule has 0 saturated carbocycles. The molecule has 2 aromatic heterocycles. The summed E-state index contributed by atoms with van der Waals surface area (Å²) in [7, 11) is 0. The average molecular weight is 482 g/mol. The topological polar surface area (TPSA) is 102 Å². The first-order valence-corrected chi connectivity index (χ1v) is 12.6. The first-order chi connectivity index (χ1) is 16.5. The Labute approximate surface area is 200 Å². The van der Waals surface area contributed by atoms with Crippen LogP contribution in [0.3, 0.4) is 0 Å². The van der Waals surface area contributed by atoms with Gasteiger partial charge in [-0.3, -0.25) is 24.3 Å². The minimum atomic E-state index is -0.494. The highest BCUT2D eigenvalue weighted by molar-refractivity contribution is 7.18. The number of non-ortho nitro benzene ring substituents is 1. The van der Waals surface area contributed by atoms with Crippen molar-refractivity contribution in [2.45, 2.75) is 45.6 Å². The summed E-state index contributed by atoms with van der Waals surface area (Å²) in [5.41, 5.74) is 1.47. The first-order valence-electron chi connectivity index (χ1n) is 11.8. The van der Waals surface area contributed by atoms with Crippen LogP contribution in [0.1, 0.15) is 47.0 Å². The van der Waals surface area contributed by atoms with Gasteiger partial charge in [-0.25, -0.2) is 4.98 Å². The number of amides is 1. The fraction of sp³-hybridized carbons (Fsp3) is 0.458. The first kappa shape index (κ1) is 22.5. The van der Waals surface area contributed by atoms with Crippen LogP contribution in [0.2, 0.25) is 0 Å². The van der Waals surface area contributed by atoms with Gasteiger partial charge in [0.1, 0.15) is 4.83 Å². The van der Waals surface area contributed by atoms with E-state index >= 15 is 0 Å². The average Bonchev–Trinajstić information content (AvgIpc) is 3.24. The molecular formula is C24H27N5O4S. The quantitative estimate of drug-likeness (QED) is 0.408. The Balaban J connectivity index is 1.41. The Morgan fingerprint density at radius 2 is 1.94 bits per heavy atom. The number of piperazine rings is 1. The number of hydrogen-bond acceptors (Lipinski definition) is 7. The lowest BCUT2D eigenvalue weighted by Gasteiger charge is -2.36. The number of hydrogen-bond donors (Lipinski definition) is 0. The molecule has 1 saturated heterocycles. The van der Waals surface area contributed by atoms with Crippen LogP contribution in [0.4, 0.5) is 11.6 Å². The van der Waals surface area contributed by atoms with Crippen LogP contribution in [-0.2, 0) is 19.4 Å². The van der Waals surface area contributed by atoms with Crippen molar-refractivity contribution < 1.29 is 9.72 Å². The summed E-state index contributed by atoms with van der Waals surface area (Å²) < 4.78 is 1.81. The molecule has 1 fully saturated rings. The third-order valence-electron chi connectivity index (χ3n) is 6.66. The molecule has 10 heteroatoms. The molecule has 0 radical (unpaired) electrons. The van der Waals surface area contributed by atoms with Crippen LogP contribution in [0.25, 0.3) is 10.2 Å². The molecule has 1 aromatic carbocycles. The van der Waals surface area contributed by atoms with E-state index in [0.717, 1.165) is 42.3 Å². The molecule has 0 bridgehead atoms. The summed E-state index contributed by atoms with van der Waals surface area (Å²) in [5.74, 6) is 0.462. The number of nitro benzene ring substituents is 1. The number of fused-ring (bicyclic) bond motifs is 3. The maximum atomic E-state index is 13.5. The minimum absolute atomic E-state index is 0.0522. The van der Waals surface area contributed by atoms with Crippen LogP contribution < -0.4 is 10.5 Å². The zero-order chi connectivity index (χ0) is 23.8. The Kier molecular flexibility index (Phi) is 6.07. The SMILES string of the molecule is CCCn1c(N2CCN(C(=O)c3cccc([N+](=O)[O-])c3)CC2)nc2sc3c(c2c1=O)CCCC3. The van der Waals surface area contributed by atoms with Crippen molar-refractivity contribution in [3.8, 4) is 0 Å². The Morgan fingerprint density at radius 3 is 2.68 bits per heavy atom. The molecule has 0 spiro atoms. The number of anilines is 1. The second kappa shape index (κ2) is 9.17. The van der Waals surface area contributed by atoms with Gasteiger partial charge in [0.05, 0.1) is 10.3 Å². The van der Waals surface area contributed by atoms with Crippen molar-refractivity contribution >= 4 is 39.1 Å². The van der Waals surface area contributed by atoms with Crippen molar-refractivity contribution in [3.05, 3.63) is 60.7 Å². The van der Waals surface area contributed by atoms with Gasteiger partial charge in [0.2, 0.25) is 5.95 Å². The fourth-order valence-corrected chi connectivity index (χ4v) is 6.19. The van der Waals surface area contributed by atoms with Gasteiger partial charge in [0.15, 0.2) is 0 Å². The fourth-order valence-electron chi connectivity index (χ4n) is 4.94. The molecule has 3 heterocycles. The highest BCUT2D eigenvalue weighted by atomic mass is 32.1. The van der Waals surface area contributed by atoms with Gasteiger partial charge in [-0.15, -0.1) is 11.3 Å². The maximum Gasteiger partial charge on any atom is 0.270 e. The second-order valence-electron chi connectivity index (χ2n) is 8.85. The van der Waals surface area contributed by atoms with Crippen molar-refractivity contribution in [3.63, 3.8) is 0 Å². The second-order valence-corrected chi connectivity index (χ2v) is 9.93. The standard InChI is InChI=1S/C24H27N5O4S/c1-2-10-28-23(31)20-18-8-3-4-9-19(18)34-21(20)25-24(28)27-13-11-26(12-14-27)22(30)16-6-5-7-17(15-16)29(32)33/h5-7,15H,2-4,8-14H2,1H3. The third-order valence-corrected chi connectivity index (χ3v) is 7.84. The summed E-state index contributed by atoms with van der Waals surface area (Å²) in [6.07, 6.45) is 5.09. The van der Waals surface area contributed by atoms with Crippen LogP contribution in [0.5, 0.6) is 0 Å². The highest BCUT2D eigenvalue weighted by Crippen LogP contribution is 2.34. The van der Waals surface area contributed by atoms with E-state index in [4.69, 9.17) is 4.98 Å². The van der Waals surface area contributed by atoms with Gasteiger partial charge in [-0.05, 0) is 43.7 Å². The van der Waals surface area contributed by atoms with Gasteiger partial charge >= 0.3 is 0 Å². The minimum Gasteiger partial charge on any atom is -0.339 e. The largest absolute Gasteiger partial charge is 0.339 e. The summed E-state index contributed by atoms with van der Waals surface area (Å²) in [6.45, 7) is 4.68. The molecule has 0 unspecified atom stereocenters. The number of aromatic nitrogens is 2. The summed E-state index contributed by atoms with van der Waals surface area (Å²) >= 11 is 1.65. The molecule has 5 rings (SSSR count). The smallest absolute Gasteiger partial charge is 0.270 e. The highest BCUT2D eigenvalue weighted by Gasteiger charge is 2.28. The van der Waals surface area contributed by atoms with Gasteiger partial charge in [-0.1, -0.05) is 13.0 Å². The number of carbonyl (C=O) groups is 1. The van der Waals surface area contributed by atoms with E-state index in [1.807, 2.05) is 4.57 Å². The molecule has 34 heavy (non-hydrogen) atoms. The molecule has 9 nitrogen and oxygen atoms in total. The summed E-state index contributed by atoms with van der Waals surface area (Å²) in [4.78, 5) is 48.0. The van der Waals surface area contributed by atoms with Gasteiger partial charge in [0, 0.05) is 55.3 Å². The molecule has 0 atom stereocenters. The maximum absolute atomic E-state index is 13.5. The Hall–Kier alpha value is -3.27. The van der Waals surface area contributed by atoms with Crippen LogP contribution in [0.15, 0.2) is 29.1 Å². The molecule has 1 amide bonds. The lowest BCUT2D eigenvalue weighted by Crippen LogP contribution is -2.50. The number of aryl methyl sites for hydroxylation is 2. The van der Waals surface area contributed by atoms with E-state index in [2.05, 4.69) is 11.8 Å². The van der Waals surface area contributed by atoms with Crippen molar-refractivity contribution in [1.82, 2.24) is 14.5 Å². The molecular weight excluding hydrogens is 454 g/mol. The number of thiophene rings is 1. The van der Waals surface area contributed by atoms with E-state index in [1.165, 1.54) is 28.6 Å². The zero-order valence-electron chi connectivity index (χ0n) is 19.2. The molecule has 1 aliphatic heterocycles. The van der Waals surface area contributed by atoms with Gasteiger partial charge in [0.25, 0.3) is 17.2 Å². The number of nitrogens with zero attached hydrogens (tertiary/aromatic N) is 5. The third kappa shape index (κ3) is 3.96. The van der Waals surface area contributed by atoms with Gasteiger partial charge in [-0.2, -0.15) is 0 Å². The van der Waals surface area contributed by atoms with Gasteiger partial charge < -0.3 is 9.80 Å². The predicted molar refractivity (Wildman–Crippen MR) is 132 cm³/mol. The predicted octanol–water partition coefficient (Wildman–Crippen LogP) is 3.62. The van der Waals surface area contributed by atoms with Crippen molar-refractivity contribution in [2.24, 2.45) is 0 Å². The molecule has 178 valence electrons. The van der Waals surface area contributed by atoms with E-state index in [0.29, 0.717) is 44.2 Å². The van der Waals surface area contributed by atoms with Crippen LogP contribution in [-0.4, -0.2) is 51.5 Å². The Morgan fingerprint density at radius 1 is 1.18 bits per heavy atom. The van der Waals surface area contributed by atoms with E-state index in [-0.39, 0.29) is 17.2 Å². The molecule has 3 aromatic rings. The summed E-state index contributed by atoms with van der Waals surface area (Å²) in [6, 6.07) is 5.84. The number of carbonyl (C=O) groups excluding carboxylic acids is 1. The summed E-state index contributed by atoms with van der Waals surface area (Å²) in [5, 5.41) is 11.9. The van der Waals surface area contributed by atoms with Crippen molar-refractivity contribution in [1.29, 1.82) is 0 Å².